The van der Waals surface area contributed by atoms with Gasteiger partial charge in [0, 0.05) is 5.02 Å². The molecule has 0 saturated carbocycles. The molecule has 18 heavy (non-hydrogen) atoms. The van der Waals surface area contributed by atoms with Crippen LogP contribution in [0.3, 0.4) is 0 Å². The van der Waals surface area contributed by atoms with Crippen molar-refractivity contribution in [2.75, 3.05) is 0 Å². The first-order chi connectivity index (χ1) is 8.50. The predicted octanol–water partition coefficient (Wildman–Crippen LogP) is 4.32. The van der Waals surface area contributed by atoms with E-state index in [-0.39, 0.29) is 0 Å². The summed E-state index contributed by atoms with van der Waals surface area (Å²) in [7, 11) is 0. The molecule has 92 valence electrons. The molecule has 0 heterocycles. The zero-order chi connectivity index (χ0) is 13.3. The predicted molar refractivity (Wildman–Crippen MR) is 73.3 cm³/mol. The second-order valence-electron chi connectivity index (χ2n) is 4.24. The maximum atomic E-state index is 11.3. The van der Waals surface area contributed by atoms with Gasteiger partial charge in [-0.2, -0.15) is 0 Å². The summed E-state index contributed by atoms with van der Waals surface area (Å²) in [5, 5.41) is 9.91. The molecule has 0 bridgehead atoms. The molecule has 0 amide bonds. The van der Waals surface area contributed by atoms with E-state index in [0.29, 0.717) is 10.6 Å². The summed E-state index contributed by atoms with van der Waals surface area (Å²) in [6.45, 7) is 3.91. The van der Waals surface area contributed by atoms with Crippen molar-refractivity contribution in [3.05, 3.63) is 58.1 Å². The average molecular weight is 261 g/mol. The second kappa shape index (κ2) is 4.83. The van der Waals surface area contributed by atoms with Crippen LogP contribution in [0.15, 0.2) is 36.4 Å². The Labute approximate surface area is 111 Å². The minimum Gasteiger partial charge on any atom is -0.478 e. The van der Waals surface area contributed by atoms with Crippen LogP contribution in [0.1, 0.15) is 21.5 Å². The lowest BCUT2D eigenvalue weighted by molar-refractivity contribution is 0.0697. The molecule has 2 aromatic carbocycles. The number of carbonyl (C=O) groups is 1. The van der Waals surface area contributed by atoms with Crippen LogP contribution < -0.4 is 0 Å². The van der Waals surface area contributed by atoms with E-state index in [4.69, 9.17) is 11.6 Å². The topological polar surface area (TPSA) is 37.3 Å². The van der Waals surface area contributed by atoms with Crippen molar-refractivity contribution in [1.29, 1.82) is 0 Å². The number of aryl methyl sites for hydroxylation is 1. The van der Waals surface area contributed by atoms with Crippen LogP contribution in [0.5, 0.6) is 0 Å². The van der Waals surface area contributed by atoms with Gasteiger partial charge in [0.05, 0.1) is 5.56 Å². The summed E-state index contributed by atoms with van der Waals surface area (Å²) in [5.74, 6) is -0.914. The van der Waals surface area contributed by atoms with Crippen molar-refractivity contribution >= 4 is 17.6 Å². The summed E-state index contributed by atoms with van der Waals surface area (Å²) in [6, 6.07) is 10.7. The third-order valence-electron chi connectivity index (χ3n) is 3.10. The van der Waals surface area contributed by atoms with Gasteiger partial charge >= 0.3 is 5.97 Å². The van der Waals surface area contributed by atoms with Crippen LogP contribution in [-0.4, -0.2) is 11.1 Å². The van der Waals surface area contributed by atoms with E-state index >= 15 is 0 Å². The Kier molecular flexibility index (Phi) is 3.39. The van der Waals surface area contributed by atoms with Crippen LogP contribution in [0.4, 0.5) is 0 Å². The molecule has 2 rings (SSSR count). The quantitative estimate of drug-likeness (QED) is 0.873. The van der Waals surface area contributed by atoms with Crippen LogP contribution >= 0.6 is 11.6 Å². The third kappa shape index (κ3) is 2.24. The maximum absolute atomic E-state index is 11.3. The van der Waals surface area contributed by atoms with E-state index in [1.54, 1.807) is 18.2 Å². The van der Waals surface area contributed by atoms with E-state index in [2.05, 4.69) is 0 Å². The van der Waals surface area contributed by atoms with Gasteiger partial charge in [0.25, 0.3) is 0 Å². The number of aromatic carboxylic acids is 1. The summed E-state index contributed by atoms with van der Waals surface area (Å²) in [5.41, 5.74) is 4.01. The Balaban J connectivity index is 2.71. The lowest BCUT2D eigenvalue weighted by Gasteiger charge is -2.12. The minimum absolute atomic E-state index is 0.320. The molecule has 0 saturated heterocycles. The Bertz CT molecular complexity index is 601. The van der Waals surface area contributed by atoms with Crippen molar-refractivity contribution in [3.8, 4) is 11.1 Å². The molecule has 0 aliphatic carbocycles. The monoisotopic (exact) mass is 260 g/mol. The first-order valence-corrected chi connectivity index (χ1v) is 5.98. The Morgan fingerprint density at radius 3 is 2.22 bits per heavy atom. The molecule has 2 nitrogen and oxygen atoms in total. The summed E-state index contributed by atoms with van der Waals surface area (Å²) in [4.78, 5) is 11.3. The van der Waals surface area contributed by atoms with E-state index in [0.717, 1.165) is 22.3 Å². The highest BCUT2D eigenvalue weighted by atomic mass is 35.5. The van der Waals surface area contributed by atoms with Crippen LogP contribution in [0.2, 0.25) is 5.02 Å². The first kappa shape index (κ1) is 12.7. The fourth-order valence-electron chi connectivity index (χ4n) is 1.98. The zero-order valence-electron chi connectivity index (χ0n) is 10.2. The highest BCUT2D eigenvalue weighted by Crippen LogP contribution is 2.30. The van der Waals surface area contributed by atoms with E-state index < -0.39 is 5.97 Å². The van der Waals surface area contributed by atoms with Crippen molar-refractivity contribution in [1.82, 2.24) is 0 Å². The van der Waals surface area contributed by atoms with Gasteiger partial charge in [-0.3, -0.25) is 0 Å². The Morgan fingerprint density at radius 2 is 1.67 bits per heavy atom. The fraction of sp³-hybridized carbons (Fsp3) is 0.133. The van der Waals surface area contributed by atoms with E-state index in [9.17, 15) is 9.90 Å². The smallest absolute Gasteiger partial charge is 0.336 e. The standard InChI is InChI=1S/C15H13ClO2/c1-9-3-8-13(15(17)18)14(10(9)2)11-4-6-12(16)7-5-11/h3-8H,1-2H3,(H,17,18). The number of hydrogen-bond acceptors (Lipinski definition) is 1. The van der Waals surface area contributed by atoms with E-state index in [1.165, 1.54) is 0 Å². The molecule has 0 aliphatic rings. The number of benzene rings is 2. The van der Waals surface area contributed by atoms with Crippen molar-refractivity contribution in [3.63, 3.8) is 0 Å². The second-order valence-corrected chi connectivity index (χ2v) is 4.68. The summed E-state index contributed by atoms with van der Waals surface area (Å²) < 4.78 is 0. The number of hydrogen-bond donors (Lipinski definition) is 1. The van der Waals surface area contributed by atoms with Crippen molar-refractivity contribution in [2.24, 2.45) is 0 Å². The normalized spacial score (nSPS) is 10.4. The molecule has 0 atom stereocenters. The lowest BCUT2D eigenvalue weighted by atomic mass is 9.92. The zero-order valence-corrected chi connectivity index (χ0v) is 11.0. The summed E-state index contributed by atoms with van der Waals surface area (Å²) in [6.07, 6.45) is 0. The molecule has 0 radical (unpaired) electrons. The van der Waals surface area contributed by atoms with Gasteiger partial charge in [-0.15, -0.1) is 0 Å². The molecule has 0 unspecified atom stereocenters. The minimum atomic E-state index is -0.914. The molecule has 0 spiro atoms. The SMILES string of the molecule is Cc1ccc(C(=O)O)c(-c2ccc(Cl)cc2)c1C. The molecule has 3 heteroatoms. The average Bonchev–Trinajstić information content (AvgIpc) is 2.33. The molecule has 0 aromatic heterocycles. The molecule has 0 fully saturated rings. The highest BCUT2D eigenvalue weighted by molar-refractivity contribution is 6.30. The summed E-state index contributed by atoms with van der Waals surface area (Å²) >= 11 is 5.86. The van der Waals surface area contributed by atoms with Crippen LogP contribution in [0, 0.1) is 13.8 Å². The van der Waals surface area contributed by atoms with Gasteiger partial charge in [0.1, 0.15) is 0 Å². The van der Waals surface area contributed by atoms with Crippen molar-refractivity contribution < 1.29 is 9.90 Å². The number of rotatable bonds is 2. The van der Waals surface area contributed by atoms with Gasteiger partial charge in [-0.25, -0.2) is 4.79 Å². The lowest BCUT2D eigenvalue weighted by Crippen LogP contribution is -2.02. The van der Waals surface area contributed by atoms with E-state index in [1.807, 2.05) is 32.0 Å². The van der Waals surface area contributed by atoms with Crippen molar-refractivity contribution in [2.45, 2.75) is 13.8 Å². The number of carboxylic acid groups (broad SMARTS) is 1. The fourth-order valence-corrected chi connectivity index (χ4v) is 2.11. The van der Waals surface area contributed by atoms with Crippen LogP contribution in [-0.2, 0) is 0 Å². The van der Waals surface area contributed by atoms with Gasteiger partial charge in [0.15, 0.2) is 0 Å². The molecule has 1 N–H and O–H groups in total. The largest absolute Gasteiger partial charge is 0.478 e. The first-order valence-electron chi connectivity index (χ1n) is 5.60. The van der Waals surface area contributed by atoms with Crippen LogP contribution in [0.25, 0.3) is 11.1 Å². The Hall–Kier alpha value is -1.80. The molecular weight excluding hydrogens is 248 g/mol. The molecule has 0 aliphatic heterocycles. The Morgan fingerprint density at radius 1 is 1.06 bits per heavy atom. The number of carboxylic acids is 1. The third-order valence-corrected chi connectivity index (χ3v) is 3.35. The maximum Gasteiger partial charge on any atom is 0.336 e. The van der Waals surface area contributed by atoms with Gasteiger partial charge in [0.2, 0.25) is 0 Å². The number of halogens is 1. The highest BCUT2D eigenvalue weighted by Gasteiger charge is 2.15. The van der Waals surface area contributed by atoms with Gasteiger partial charge in [-0.1, -0.05) is 29.8 Å². The molecule has 2 aromatic rings. The molecular formula is C15H13ClO2. The van der Waals surface area contributed by atoms with Gasteiger partial charge < -0.3 is 5.11 Å². The van der Waals surface area contributed by atoms with Gasteiger partial charge in [-0.05, 0) is 54.3 Å².